The number of carbonyl (C=O) groups excluding carboxylic acids is 1. The van der Waals surface area contributed by atoms with E-state index in [1.165, 1.54) is 6.20 Å². The van der Waals surface area contributed by atoms with Crippen LogP contribution in [-0.2, 0) is 14.8 Å². The maximum Gasteiger partial charge on any atom is 0.490 e. The molecule has 1 amide bonds. The fourth-order valence-corrected chi connectivity index (χ4v) is 4.43. The maximum absolute atomic E-state index is 13.0. The average molecular weight is 560 g/mol. The summed E-state index contributed by atoms with van der Waals surface area (Å²) in [5, 5.41) is 13.4. The second-order valence-electron chi connectivity index (χ2n) is 8.77. The van der Waals surface area contributed by atoms with Crippen LogP contribution in [0.5, 0.6) is 0 Å². The number of carboxylic acid groups (broad SMARTS) is 1. The number of alkyl halides is 3. The van der Waals surface area contributed by atoms with Crippen molar-refractivity contribution in [3.8, 4) is 0 Å². The van der Waals surface area contributed by atoms with Crippen molar-refractivity contribution in [3.05, 3.63) is 47.2 Å². The van der Waals surface area contributed by atoms with Gasteiger partial charge >= 0.3 is 12.1 Å². The Bertz CT molecular complexity index is 1250. The van der Waals surface area contributed by atoms with Crippen molar-refractivity contribution in [2.45, 2.75) is 51.2 Å². The van der Waals surface area contributed by atoms with Gasteiger partial charge in [-0.3, -0.25) is 9.52 Å². The van der Waals surface area contributed by atoms with E-state index < -0.39 is 22.2 Å². The van der Waals surface area contributed by atoms with Crippen molar-refractivity contribution in [2.24, 2.45) is 0 Å². The van der Waals surface area contributed by atoms with E-state index in [1.54, 1.807) is 24.3 Å². The lowest BCUT2D eigenvalue weighted by atomic mass is 10.1. The molecule has 1 aromatic carbocycles. The Morgan fingerprint density at radius 3 is 2.29 bits per heavy atom. The molecule has 2 aromatic rings. The van der Waals surface area contributed by atoms with Gasteiger partial charge in [-0.15, -0.1) is 0 Å². The number of piperazine rings is 1. The number of rotatable bonds is 7. The number of carboxylic acids is 1. The summed E-state index contributed by atoms with van der Waals surface area (Å²) in [6, 6.07) is 6.56. The van der Waals surface area contributed by atoms with Crippen LogP contribution in [0.3, 0.4) is 0 Å². The van der Waals surface area contributed by atoms with E-state index in [-0.39, 0.29) is 22.5 Å². The lowest BCUT2D eigenvalue weighted by Gasteiger charge is -2.30. The van der Waals surface area contributed by atoms with Crippen molar-refractivity contribution < 1.29 is 36.3 Å². The van der Waals surface area contributed by atoms with Gasteiger partial charge in [-0.1, -0.05) is 13.0 Å². The molecule has 14 heteroatoms. The minimum atomic E-state index is -5.08. The predicted octanol–water partition coefficient (Wildman–Crippen LogP) is 3.07. The van der Waals surface area contributed by atoms with Crippen LogP contribution in [0.4, 0.5) is 24.7 Å². The quantitative estimate of drug-likeness (QED) is 0.406. The molecule has 1 aliphatic heterocycles. The van der Waals surface area contributed by atoms with Gasteiger partial charge in [0, 0.05) is 32.2 Å². The van der Waals surface area contributed by atoms with Crippen molar-refractivity contribution in [2.75, 3.05) is 35.8 Å². The Morgan fingerprint density at radius 1 is 1.16 bits per heavy atom. The van der Waals surface area contributed by atoms with Crippen LogP contribution in [0.15, 0.2) is 35.4 Å². The molecule has 0 bridgehead atoms. The van der Waals surface area contributed by atoms with Gasteiger partial charge in [-0.25, -0.2) is 18.2 Å². The third-order valence-electron chi connectivity index (χ3n) is 5.80. The van der Waals surface area contributed by atoms with E-state index in [1.807, 2.05) is 32.6 Å². The largest absolute Gasteiger partial charge is 0.490 e. The Morgan fingerprint density at radius 2 is 1.76 bits per heavy atom. The molecule has 1 aliphatic rings. The van der Waals surface area contributed by atoms with Crippen LogP contribution in [0.25, 0.3) is 0 Å². The molecule has 0 aliphatic carbocycles. The lowest BCUT2D eigenvalue weighted by Crippen LogP contribution is -2.45. The number of aliphatic carboxylic acids is 1. The zero-order valence-electron chi connectivity index (χ0n) is 21.5. The van der Waals surface area contributed by atoms with Crippen molar-refractivity contribution in [1.82, 2.24) is 15.6 Å². The maximum atomic E-state index is 13.0. The topological polar surface area (TPSA) is 141 Å². The second kappa shape index (κ2) is 12.9. The standard InChI is InChI=1S/C22H31N5O3S.C2HF3O2/c1-5-17(4)25-22(28)20-13-18(14-24-21(20)27-10-8-23-9-11-27)26-31(29,30)19-7-6-15(2)16(3)12-19;3-2(4,5)1(6)7/h6-7,12-14,17,23,26H,5,8-11H2,1-4H3,(H,25,28);(H,6,7). The number of benzene rings is 1. The fourth-order valence-electron chi connectivity index (χ4n) is 3.31. The number of sulfonamides is 1. The highest BCUT2D eigenvalue weighted by atomic mass is 32.2. The molecule has 1 saturated heterocycles. The van der Waals surface area contributed by atoms with E-state index in [4.69, 9.17) is 9.90 Å². The molecule has 0 radical (unpaired) electrons. The SMILES string of the molecule is CCC(C)NC(=O)c1cc(NS(=O)(=O)c2ccc(C)c(C)c2)cnc1N1CCNCC1.O=C(O)C(F)(F)F. The number of nitrogens with zero attached hydrogens (tertiary/aromatic N) is 2. The van der Waals surface area contributed by atoms with E-state index >= 15 is 0 Å². The summed E-state index contributed by atoms with van der Waals surface area (Å²) in [7, 11) is -3.81. The first-order valence-corrected chi connectivity index (χ1v) is 13.3. The van der Waals surface area contributed by atoms with E-state index in [0.29, 0.717) is 11.4 Å². The van der Waals surface area contributed by atoms with Crippen molar-refractivity contribution in [1.29, 1.82) is 0 Å². The number of carbonyl (C=O) groups is 2. The van der Waals surface area contributed by atoms with Crippen LogP contribution in [0.2, 0.25) is 0 Å². The number of amides is 1. The molecule has 0 spiro atoms. The Kier molecular flexibility index (Phi) is 10.5. The summed E-state index contributed by atoms with van der Waals surface area (Å²) < 4.78 is 60.1. The van der Waals surface area contributed by atoms with Crippen molar-refractivity contribution in [3.63, 3.8) is 0 Å². The number of aromatic nitrogens is 1. The highest BCUT2D eigenvalue weighted by molar-refractivity contribution is 7.92. The predicted molar refractivity (Wildman–Crippen MR) is 137 cm³/mol. The van der Waals surface area contributed by atoms with Gasteiger partial charge in [0.2, 0.25) is 0 Å². The van der Waals surface area contributed by atoms with Crippen LogP contribution in [0, 0.1) is 13.8 Å². The monoisotopic (exact) mass is 559 g/mol. The number of nitrogens with one attached hydrogen (secondary N) is 3. The molecule has 210 valence electrons. The highest BCUT2D eigenvalue weighted by Crippen LogP contribution is 2.25. The number of halogens is 3. The second-order valence-corrected chi connectivity index (χ2v) is 10.5. The van der Waals surface area contributed by atoms with Gasteiger partial charge < -0.3 is 20.6 Å². The normalized spacial score (nSPS) is 14.7. The van der Waals surface area contributed by atoms with Gasteiger partial charge in [-0.05, 0) is 56.5 Å². The third kappa shape index (κ3) is 8.58. The zero-order valence-corrected chi connectivity index (χ0v) is 22.3. The van der Waals surface area contributed by atoms with Gasteiger partial charge in [0.15, 0.2) is 0 Å². The summed E-state index contributed by atoms with van der Waals surface area (Å²) in [5.41, 5.74) is 2.53. The molecule has 1 fully saturated rings. The summed E-state index contributed by atoms with van der Waals surface area (Å²) in [5.74, 6) is -2.45. The smallest absolute Gasteiger partial charge is 0.475 e. The first kappa shape index (κ1) is 30.8. The lowest BCUT2D eigenvalue weighted by molar-refractivity contribution is -0.192. The van der Waals surface area contributed by atoms with Crippen LogP contribution < -0.4 is 20.3 Å². The van der Waals surface area contributed by atoms with Gasteiger partial charge in [0.25, 0.3) is 15.9 Å². The Labute approximate surface area is 219 Å². The summed E-state index contributed by atoms with van der Waals surface area (Å²) >= 11 is 0. The summed E-state index contributed by atoms with van der Waals surface area (Å²) in [6.45, 7) is 10.8. The van der Waals surface area contributed by atoms with Crippen LogP contribution in [-0.4, -0.2) is 68.8 Å². The van der Waals surface area contributed by atoms with Gasteiger partial charge in [-0.2, -0.15) is 13.2 Å². The Balaban J connectivity index is 0.000000638. The Hall–Kier alpha value is -3.39. The minimum absolute atomic E-state index is 0.000691. The number of aryl methyl sites for hydroxylation is 2. The summed E-state index contributed by atoms with van der Waals surface area (Å²) in [6.07, 6.45) is -2.82. The molecule has 4 N–H and O–H groups in total. The summed E-state index contributed by atoms with van der Waals surface area (Å²) in [4.78, 5) is 28.6. The molecule has 3 rings (SSSR count). The highest BCUT2D eigenvalue weighted by Gasteiger charge is 2.38. The number of anilines is 2. The first-order valence-electron chi connectivity index (χ1n) is 11.8. The van der Waals surface area contributed by atoms with Gasteiger partial charge in [0.1, 0.15) is 5.82 Å². The minimum Gasteiger partial charge on any atom is -0.475 e. The molecular weight excluding hydrogens is 527 g/mol. The fraction of sp³-hybridized carbons (Fsp3) is 0.458. The van der Waals surface area contributed by atoms with Crippen molar-refractivity contribution >= 4 is 33.4 Å². The molecular formula is C24H32F3N5O5S. The van der Waals surface area contributed by atoms with Gasteiger partial charge in [0.05, 0.1) is 22.3 Å². The molecule has 10 nitrogen and oxygen atoms in total. The molecule has 2 heterocycles. The molecule has 1 unspecified atom stereocenters. The molecule has 0 saturated carbocycles. The molecule has 1 aromatic heterocycles. The molecule has 38 heavy (non-hydrogen) atoms. The average Bonchev–Trinajstić information content (AvgIpc) is 2.85. The first-order chi connectivity index (χ1) is 17.7. The molecule has 1 atom stereocenters. The van der Waals surface area contributed by atoms with E-state index in [0.717, 1.165) is 43.7 Å². The van der Waals surface area contributed by atoms with E-state index in [9.17, 15) is 26.4 Å². The number of hydrogen-bond donors (Lipinski definition) is 4. The number of pyridine rings is 1. The zero-order chi connectivity index (χ0) is 28.7. The van der Waals surface area contributed by atoms with Crippen LogP contribution >= 0.6 is 0 Å². The number of hydrogen-bond acceptors (Lipinski definition) is 7. The van der Waals surface area contributed by atoms with E-state index in [2.05, 4.69) is 20.3 Å². The van der Waals surface area contributed by atoms with Crippen LogP contribution in [0.1, 0.15) is 41.8 Å². The third-order valence-corrected chi connectivity index (χ3v) is 7.18.